The van der Waals surface area contributed by atoms with E-state index in [0.717, 1.165) is 0 Å². The smallest absolute Gasteiger partial charge is 0.273 e. The summed E-state index contributed by atoms with van der Waals surface area (Å²) in [5, 5.41) is 0.0865. The van der Waals surface area contributed by atoms with Crippen molar-refractivity contribution in [2.75, 3.05) is 6.26 Å². The molecule has 2 aromatic heterocycles. The summed E-state index contributed by atoms with van der Waals surface area (Å²) < 4.78 is 28.4. The average molecular weight is 540 g/mol. The number of H-pyrrole nitrogens is 1. The van der Waals surface area contributed by atoms with Gasteiger partial charge in [-0.1, -0.05) is 36.7 Å². The van der Waals surface area contributed by atoms with E-state index in [-0.39, 0.29) is 44.5 Å². The lowest BCUT2D eigenvalue weighted by Gasteiger charge is -2.11. The van der Waals surface area contributed by atoms with Crippen molar-refractivity contribution in [3.63, 3.8) is 0 Å². The molecular weight excluding hydrogens is 513 g/mol. The molecule has 1 aliphatic rings. The van der Waals surface area contributed by atoms with E-state index in [9.17, 15) is 13.8 Å². The van der Waals surface area contributed by atoms with E-state index >= 15 is 4.39 Å². The Balaban J connectivity index is 1.72. The van der Waals surface area contributed by atoms with Crippen molar-refractivity contribution in [3.05, 3.63) is 115 Å². The predicted molar refractivity (Wildman–Crippen MR) is 148 cm³/mol. The number of aromatic amines is 1. The molecule has 37 heavy (non-hydrogen) atoms. The molecule has 3 unspecified atom stereocenters. The molecular formula is C28H27ClFN3O3S. The predicted octanol–water partition coefficient (Wildman–Crippen LogP) is 5.39. The molecule has 6 nitrogen and oxygen atoms in total. The van der Waals surface area contributed by atoms with E-state index < -0.39 is 22.2 Å². The molecule has 1 N–H and O–H groups in total. The molecule has 0 saturated heterocycles. The van der Waals surface area contributed by atoms with Crippen LogP contribution in [0.5, 0.6) is 0 Å². The second-order valence-electron chi connectivity index (χ2n) is 8.98. The van der Waals surface area contributed by atoms with Crippen molar-refractivity contribution in [2.24, 2.45) is 10.9 Å². The zero-order valence-electron chi connectivity index (χ0n) is 20.9. The molecule has 4 atom stereocenters. The number of nitrogens with one attached hydrogen (secondary N) is 1. The van der Waals surface area contributed by atoms with E-state index in [1.165, 1.54) is 35.4 Å². The van der Waals surface area contributed by atoms with Gasteiger partial charge in [0.25, 0.3) is 11.1 Å². The number of aryl methyl sites for hydroxylation is 1. The highest BCUT2D eigenvalue weighted by Crippen LogP contribution is 2.60. The van der Waals surface area contributed by atoms with Gasteiger partial charge in [-0.2, -0.15) is 0 Å². The second kappa shape index (κ2) is 10.9. The van der Waals surface area contributed by atoms with Crippen LogP contribution in [0, 0.1) is 18.7 Å². The van der Waals surface area contributed by atoms with Crippen LogP contribution in [0.15, 0.2) is 80.4 Å². The van der Waals surface area contributed by atoms with Crippen molar-refractivity contribution in [3.8, 4) is 0 Å². The van der Waals surface area contributed by atoms with Crippen molar-refractivity contribution < 1.29 is 8.60 Å². The molecule has 0 radical (unpaired) electrons. The summed E-state index contributed by atoms with van der Waals surface area (Å²) in [5.41, 5.74) is 1.90. The zero-order chi connectivity index (χ0) is 26.9. The molecule has 1 fully saturated rings. The summed E-state index contributed by atoms with van der Waals surface area (Å²) in [4.78, 5) is 32.7. The maximum absolute atomic E-state index is 15.1. The summed E-state index contributed by atoms with van der Waals surface area (Å²) >= 11 is 6.57. The third-order valence-electron chi connectivity index (χ3n) is 6.64. The molecule has 0 spiro atoms. The Bertz CT molecular complexity index is 1590. The van der Waals surface area contributed by atoms with Gasteiger partial charge < -0.3 is 4.98 Å². The normalized spacial score (nSPS) is 20.6. The van der Waals surface area contributed by atoms with Gasteiger partial charge in [0.1, 0.15) is 10.8 Å². The first-order chi connectivity index (χ1) is 17.7. The van der Waals surface area contributed by atoms with E-state index in [0.29, 0.717) is 16.8 Å². The van der Waals surface area contributed by atoms with Crippen LogP contribution in [0.4, 0.5) is 4.39 Å². The Morgan fingerprint density at radius 1 is 1.19 bits per heavy atom. The fourth-order valence-corrected chi connectivity index (χ4v) is 5.63. The van der Waals surface area contributed by atoms with Gasteiger partial charge in [-0.3, -0.25) is 23.4 Å². The van der Waals surface area contributed by atoms with Gasteiger partial charge in [-0.25, -0.2) is 4.39 Å². The lowest BCUT2D eigenvalue weighted by atomic mass is 10.1. The first kappa shape index (κ1) is 26.7. The van der Waals surface area contributed by atoms with E-state index in [1.54, 1.807) is 50.4 Å². The SMILES string of the molecule is C/C=C/N=C(/C=C/n1c(C)cc(C2C(c3ccc[nH]c3=O)[C@H]2C)c(Cl)c1=O)c1cccc(S(C)=O)c1F. The molecule has 3 aromatic rings. The quantitative estimate of drug-likeness (QED) is 0.409. The first-order valence-electron chi connectivity index (χ1n) is 11.8. The minimum Gasteiger partial charge on any atom is -0.329 e. The van der Waals surface area contributed by atoms with Crippen LogP contribution < -0.4 is 11.1 Å². The van der Waals surface area contributed by atoms with Gasteiger partial charge in [0.15, 0.2) is 0 Å². The first-order valence-corrected chi connectivity index (χ1v) is 13.7. The largest absolute Gasteiger partial charge is 0.329 e. The number of hydrogen-bond acceptors (Lipinski definition) is 4. The summed E-state index contributed by atoms with van der Waals surface area (Å²) in [7, 11) is -1.51. The van der Waals surface area contributed by atoms with Crippen molar-refractivity contribution in [2.45, 2.75) is 37.5 Å². The molecule has 1 saturated carbocycles. The summed E-state index contributed by atoms with van der Waals surface area (Å²) in [5.74, 6) is -0.533. The molecule has 0 amide bonds. The van der Waals surface area contributed by atoms with E-state index in [4.69, 9.17) is 11.6 Å². The maximum atomic E-state index is 15.1. The van der Waals surface area contributed by atoms with E-state index in [1.807, 2.05) is 13.0 Å². The van der Waals surface area contributed by atoms with Crippen LogP contribution in [-0.4, -0.2) is 25.7 Å². The average Bonchev–Trinajstić information content (AvgIpc) is 3.53. The molecule has 2 heterocycles. The van der Waals surface area contributed by atoms with Crippen LogP contribution in [0.2, 0.25) is 5.02 Å². The van der Waals surface area contributed by atoms with Gasteiger partial charge in [0.05, 0.1) is 21.4 Å². The van der Waals surface area contributed by atoms with Crippen molar-refractivity contribution in [1.82, 2.24) is 9.55 Å². The standard InChI is InChI=1S/C28H27ClFN3O3S/c1-5-12-31-21(18-8-6-10-22(26(18)30)37(4)36)11-14-33-16(2)15-20(25(29)28(33)35)24-17(3)23(24)19-9-7-13-32-27(19)34/h5-15,17,23-24H,1-4H3,(H,32,34)/b12-5+,14-11+,31-21-/t17-,23?,24?,37?/m1/s1. The Kier molecular flexibility index (Phi) is 7.90. The molecule has 4 rings (SSSR count). The summed E-state index contributed by atoms with van der Waals surface area (Å²) in [6.45, 7) is 5.60. The monoisotopic (exact) mass is 539 g/mol. The lowest BCUT2D eigenvalue weighted by molar-refractivity contribution is 0.594. The number of allylic oxidation sites excluding steroid dienone is 2. The number of nitrogens with zero attached hydrogens (tertiary/aromatic N) is 2. The topological polar surface area (TPSA) is 84.3 Å². The van der Waals surface area contributed by atoms with Crippen LogP contribution >= 0.6 is 11.6 Å². The fourth-order valence-electron chi connectivity index (χ4n) is 4.72. The van der Waals surface area contributed by atoms with Gasteiger partial charge in [-0.15, -0.1) is 0 Å². The highest BCUT2D eigenvalue weighted by molar-refractivity contribution is 7.84. The summed E-state index contributed by atoms with van der Waals surface area (Å²) in [6.07, 6.45) is 9.24. The third-order valence-corrected chi connectivity index (χ3v) is 7.96. The Morgan fingerprint density at radius 3 is 2.59 bits per heavy atom. The van der Waals surface area contributed by atoms with Crippen LogP contribution in [0.3, 0.4) is 0 Å². The summed E-state index contributed by atoms with van der Waals surface area (Å²) in [6, 6.07) is 10.1. The van der Waals surface area contributed by atoms with Crippen molar-refractivity contribution >= 4 is 34.3 Å². The van der Waals surface area contributed by atoms with Crippen molar-refractivity contribution in [1.29, 1.82) is 0 Å². The molecule has 9 heteroatoms. The Hall–Kier alpha value is -3.36. The lowest BCUT2D eigenvalue weighted by Crippen LogP contribution is -2.20. The van der Waals surface area contributed by atoms with Gasteiger partial charge in [0.2, 0.25) is 0 Å². The molecule has 1 aliphatic carbocycles. The van der Waals surface area contributed by atoms with Crippen LogP contribution in [-0.2, 0) is 10.8 Å². The van der Waals surface area contributed by atoms with Crippen LogP contribution in [0.25, 0.3) is 6.20 Å². The number of rotatable bonds is 7. The van der Waals surface area contributed by atoms with Gasteiger partial charge >= 0.3 is 0 Å². The van der Waals surface area contributed by atoms with E-state index in [2.05, 4.69) is 9.98 Å². The molecule has 0 aliphatic heterocycles. The molecule has 192 valence electrons. The Labute approximate surface area is 221 Å². The number of aliphatic imine (C=N–C) groups is 1. The number of hydrogen-bond donors (Lipinski definition) is 1. The van der Waals surface area contributed by atoms with Gasteiger partial charge in [0, 0.05) is 41.7 Å². The molecule has 1 aromatic carbocycles. The fraction of sp³-hybridized carbons (Fsp3) is 0.250. The second-order valence-corrected chi connectivity index (χ2v) is 10.7. The van der Waals surface area contributed by atoms with Crippen LogP contribution in [0.1, 0.15) is 48.1 Å². The van der Waals surface area contributed by atoms with Gasteiger partial charge in [-0.05, 0) is 67.5 Å². The minimum atomic E-state index is -1.51. The Morgan fingerprint density at radius 2 is 1.92 bits per heavy atom. The highest BCUT2D eigenvalue weighted by Gasteiger charge is 2.50. The number of pyridine rings is 2. The minimum absolute atomic E-state index is 0.0217. The molecule has 0 bridgehead atoms. The third kappa shape index (κ3) is 5.22. The maximum Gasteiger partial charge on any atom is 0.273 e. The number of halogens is 2. The number of aromatic nitrogens is 2. The zero-order valence-corrected chi connectivity index (χ0v) is 22.4. The highest BCUT2D eigenvalue weighted by atomic mass is 35.5. The number of benzene rings is 1.